The van der Waals surface area contributed by atoms with Crippen LogP contribution in [0, 0.1) is 5.41 Å². The first-order valence-corrected chi connectivity index (χ1v) is 8.26. The molecule has 0 aromatic carbocycles. The van der Waals surface area contributed by atoms with Gasteiger partial charge in [0.1, 0.15) is 0 Å². The van der Waals surface area contributed by atoms with E-state index in [-0.39, 0.29) is 5.91 Å². The van der Waals surface area contributed by atoms with Crippen molar-refractivity contribution in [1.82, 2.24) is 9.88 Å². The van der Waals surface area contributed by atoms with Crippen molar-refractivity contribution in [3.8, 4) is 0 Å². The molecule has 0 unspecified atom stereocenters. The van der Waals surface area contributed by atoms with E-state index < -0.39 is 0 Å². The topological polar surface area (TPSA) is 71.2 Å². The lowest BCUT2D eigenvalue weighted by molar-refractivity contribution is 0.0558. The quantitative estimate of drug-likeness (QED) is 0.643. The number of piperidine rings is 1. The summed E-state index contributed by atoms with van der Waals surface area (Å²) in [7, 11) is 0. The van der Waals surface area contributed by atoms with E-state index in [1.165, 1.54) is 12.8 Å². The molecule has 1 amide bonds. The van der Waals surface area contributed by atoms with Gasteiger partial charge in [0.2, 0.25) is 0 Å². The first kappa shape index (κ1) is 16.2. The zero-order valence-electron chi connectivity index (χ0n) is 12.7. The molecule has 1 fully saturated rings. The number of hydrazine groups is 1. The van der Waals surface area contributed by atoms with Crippen molar-refractivity contribution in [2.45, 2.75) is 39.5 Å². The van der Waals surface area contributed by atoms with E-state index >= 15 is 0 Å². The standard InChI is InChI=1S/C15H23BrN4O/c1-3-15(4-2)5-7-20(8-6-15)14(21)12-9-11(16)10-18-13(12)19-17/h9-10H,3-8,17H2,1-2H3,(H,18,19). The average Bonchev–Trinajstić information content (AvgIpc) is 2.54. The number of hydrogen-bond acceptors (Lipinski definition) is 4. The number of carbonyl (C=O) groups is 1. The third-order valence-electron chi connectivity index (χ3n) is 4.83. The molecule has 2 heterocycles. The summed E-state index contributed by atoms with van der Waals surface area (Å²) in [6.07, 6.45) is 6.12. The highest BCUT2D eigenvalue weighted by molar-refractivity contribution is 9.10. The molecule has 0 aliphatic carbocycles. The summed E-state index contributed by atoms with van der Waals surface area (Å²) in [6.45, 7) is 6.10. The molecule has 1 aliphatic heterocycles. The van der Waals surface area contributed by atoms with Gasteiger partial charge in [-0.25, -0.2) is 10.8 Å². The van der Waals surface area contributed by atoms with Gasteiger partial charge in [0, 0.05) is 23.8 Å². The first-order valence-electron chi connectivity index (χ1n) is 7.46. The molecule has 1 aliphatic rings. The van der Waals surface area contributed by atoms with Crippen molar-refractivity contribution in [2.24, 2.45) is 11.3 Å². The Kier molecular flexibility index (Phi) is 5.22. The lowest BCUT2D eigenvalue weighted by Gasteiger charge is -2.41. The first-order chi connectivity index (χ1) is 10.0. The zero-order chi connectivity index (χ0) is 15.5. The Bertz CT molecular complexity index is 506. The van der Waals surface area contributed by atoms with Crippen LogP contribution in [0.25, 0.3) is 0 Å². The van der Waals surface area contributed by atoms with E-state index in [1.807, 2.05) is 4.90 Å². The summed E-state index contributed by atoms with van der Waals surface area (Å²) in [5.74, 6) is 5.88. The fourth-order valence-electron chi connectivity index (χ4n) is 3.03. The average molecular weight is 355 g/mol. The molecule has 1 aromatic heterocycles. The monoisotopic (exact) mass is 354 g/mol. The Balaban J connectivity index is 2.14. The fourth-order valence-corrected chi connectivity index (χ4v) is 3.36. The second-order valence-electron chi connectivity index (χ2n) is 5.69. The molecule has 0 atom stereocenters. The van der Waals surface area contributed by atoms with Gasteiger partial charge in [0.15, 0.2) is 5.82 Å². The summed E-state index contributed by atoms with van der Waals surface area (Å²) < 4.78 is 0.776. The minimum atomic E-state index is -0.00226. The number of hydrogen-bond donors (Lipinski definition) is 2. The third-order valence-corrected chi connectivity index (χ3v) is 5.27. The molecule has 1 saturated heterocycles. The third kappa shape index (κ3) is 3.37. The number of nitrogens with zero attached hydrogens (tertiary/aromatic N) is 2. The number of carbonyl (C=O) groups excluding carboxylic acids is 1. The Hall–Kier alpha value is -1.14. The van der Waals surface area contributed by atoms with Gasteiger partial charge in [0.25, 0.3) is 5.91 Å². The molecular weight excluding hydrogens is 332 g/mol. The maximum atomic E-state index is 12.7. The summed E-state index contributed by atoms with van der Waals surface area (Å²) in [5, 5.41) is 0. The molecule has 5 nitrogen and oxygen atoms in total. The van der Waals surface area contributed by atoms with Gasteiger partial charge in [-0.05, 0) is 40.3 Å². The molecule has 0 bridgehead atoms. The normalized spacial score (nSPS) is 17.6. The molecule has 21 heavy (non-hydrogen) atoms. The number of nitrogens with one attached hydrogen (secondary N) is 1. The van der Waals surface area contributed by atoms with Gasteiger partial charge in [-0.2, -0.15) is 0 Å². The highest BCUT2D eigenvalue weighted by Crippen LogP contribution is 2.38. The Morgan fingerprint density at radius 2 is 2.05 bits per heavy atom. The second kappa shape index (κ2) is 6.75. The van der Waals surface area contributed by atoms with Gasteiger partial charge in [-0.15, -0.1) is 0 Å². The van der Waals surface area contributed by atoms with E-state index in [0.717, 1.165) is 30.4 Å². The number of rotatable bonds is 4. The van der Waals surface area contributed by atoms with Crippen LogP contribution in [0.4, 0.5) is 5.82 Å². The summed E-state index contributed by atoms with van der Waals surface area (Å²) in [5.41, 5.74) is 3.43. The van der Waals surface area contributed by atoms with Crippen LogP contribution in [-0.4, -0.2) is 28.9 Å². The highest BCUT2D eigenvalue weighted by Gasteiger charge is 2.33. The molecule has 2 rings (SSSR count). The predicted molar refractivity (Wildman–Crippen MR) is 87.9 cm³/mol. The van der Waals surface area contributed by atoms with Crippen LogP contribution >= 0.6 is 15.9 Å². The van der Waals surface area contributed by atoms with Crippen molar-refractivity contribution >= 4 is 27.7 Å². The van der Waals surface area contributed by atoms with Crippen LogP contribution in [0.15, 0.2) is 16.7 Å². The van der Waals surface area contributed by atoms with Gasteiger partial charge >= 0.3 is 0 Å². The Morgan fingerprint density at radius 3 is 2.57 bits per heavy atom. The lowest BCUT2D eigenvalue weighted by atomic mass is 9.74. The number of nitrogens with two attached hydrogens (primary N) is 1. The Morgan fingerprint density at radius 1 is 1.43 bits per heavy atom. The number of halogens is 1. The van der Waals surface area contributed by atoms with Crippen LogP contribution in [-0.2, 0) is 0 Å². The number of pyridine rings is 1. The van der Waals surface area contributed by atoms with E-state index in [9.17, 15) is 4.79 Å². The van der Waals surface area contributed by atoms with Crippen LogP contribution in [0.2, 0.25) is 0 Å². The van der Waals surface area contributed by atoms with E-state index in [1.54, 1.807) is 12.3 Å². The maximum absolute atomic E-state index is 12.7. The molecule has 3 N–H and O–H groups in total. The van der Waals surface area contributed by atoms with E-state index in [0.29, 0.717) is 16.8 Å². The minimum Gasteiger partial charge on any atom is -0.338 e. The largest absolute Gasteiger partial charge is 0.338 e. The molecule has 0 spiro atoms. The number of anilines is 1. The van der Waals surface area contributed by atoms with Crippen molar-refractivity contribution < 1.29 is 4.79 Å². The predicted octanol–water partition coefficient (Wildman–Crippen LogP) is 3.17. The number of likely N-dealkylation sites (tertiary alicyclic amines) is 1. The molecule has 116 valence electrons. The van der Waals surface area contributed by atoms with Gasteiger partial charge in [0.05, 0.1) is 5.56 Å². The lowest BCUT2D eigenvalue weighted by Crippen LogP contribution is -2.43. The summed E-state index contributed by atoms with van der Waals surface area (Å²) in [4.78, 5) is 18.7. The molecule has 0 radical (unpaired) electrons. The van der Waals surface area contributed by atoms with Crippen LogP contribution in [0.5, 0.6) is 0 Å². The summed E-state index contributed by atoms with van der Waals surface area (Å²) >= 11 is 3.36. The smallest absolute Gasteiger partial charge is 0.257 e. The maximum Gasteiger partial charge on any atom is 0.257 e. The Labute approximate surface area is 134 Å². The zero-order valence-corrected chi connectivity index (χ0v) is 14.2. The molecule has 1 aromatic rings. The number of amides is 1. The molecular formula is C15H23BrN4O. The van der Waals surface area contributed by atoms with Crippen molar-refractivity contribution in [3.63, 3.8) is 0 Å². The van der Waals surface area contributed by atoms with Gasteiger partial charge < -0.3 is 10.3 Å². The summed E-state index contributed by atoms with van der Waals surface area (Å²) in [6, 6.07) is 1.77. The van der Waals surface area contributed by atoms with Crippen LogP contribution in [0.1, 0.15) is 49.9 Å². The van der Waals surface area contributed by atoms with E-state index in [4.69, 9.17) is 5.84 Å². The fraction of sp³-hybridized carbons (Fsp3) is 0.600. The van der Waals surface area contributed by atoms with Crippen molar-refractivity contribution in [3.05, 3.63) is 22.3 Å². The molecule has 0 saturated carbocycles. The van der Waals surface area contributed by atoms with Crippen LogP contribution < -0.4 is 11.3 Å². The second-order valence-corrected chi connectivity index (χ2v) is 6.61. The number of aromatic nitrogens is 1. The van der Waals surface area contributed by atoms with Crippen LogP contribution in [0.3, 0.4) is 0 Å². The highest BCUT2D eigenvalue weighted by atomic mass is 79.9. The van der Waals surface area contributed by atoms with Crippen molar-refractivity contribution in [1.29, 1.82) is 0 Å². The SMILES string of the molecule is CCC1(CC)CCN(C(=O)c2cc(Br)cnc2NN)CC1. The minimum absolute atomic E-state index is 0.00226. The number of nitrogen functional groups attached to an aromatic ring is 1. The van der Waals surface area contributed by atoms with Gasteiger partial charge in [-0.3, -0.25) is 4.79 Å². The van der Waals surface area contributed by atoms with Crippen molar-refractivity contribution in [2.75, 3.05) is 18.5 Å². The molecule has 6 heteroatoms. The van der Waals surface area contributed by atoms with Gasteiger partial charge in [-0.1, -0.05) is 26.7 Å². The van der Waals surface area contributed by atoms with E-state index in [2.05, 4.69) is 40.2 Å².